The standard InChI is InChI=1S/C25H24N2O4/c1-14-17(9-10-22(28)27-16-6-5-11-26-13-16)25(29)31-23-15(2)24-20(12-19(14)23)18-7-3-4-8-21(18)30-24/h5-6,11-13H,3-4,7-10H2,1-2H3,(H,27,28). The Balaban J connectivity index is 1.51. The summed E-state index contributed by atoms with van der Waals surface area (Å²) in [7, 11) is 0. The van der Waals surface area contributed by atoms with Gasteiger partial charge in [0.25, 0.3) is 0 Å². The van der Waals surface area contributed by atoms with E-state index in [1.165, 1.54) is 12.0 Å². The van der Waals surface area contributed by atoms with Gasteiger partial charge in [0.2, 0.25) is 5.91 Å². The van der Waals surface area contributed by atoms with Crippen molar-refractivity contribution in [2.24, 2.45) is 0 Å². The van der Waals surface area contributed by atoms with Crippen LogP contribution in [0.2, 0.25) is 0 Å². The number of anilines is 1. The Kier molecular flexibility index (Phi) is 4.85. The molecule has 6 nitrogen and oxygen atoms in total. The highest BCUT2D eigenvalue weighted by Gasteiger charge is 2.23. The highest BCUT2D eigenvalue weighted by Crippen LogP contribution is 2.37. The number of aromatic nitrogens is 1. The monoisotopic (exact) mass is 416 g/mol. The van der Waals surface area contributed by atoms with Gasteiger partial charge < -0.3 is 14.2 Å². The van der Waals surface area contributed by atoms with Crippen molar-refractivity contribution in [1.82, 2.24) is 4.98 Å². The molecule has 0 unspecified atom stereocenters. The lowest BCUT2D eigenvalue weighted by Crippen LogP contribution is -2.16. The number of hydrogen-bond acceptors (Lipinski definition) is 5. The summed E-state index contributed by atoms with van der Waals surface area (Å²) >= 11 is 0. The number of pyridine rings is 1. The van der Waals surface area contributed by atoms with E-state index in [9.17, 15) is 9.59 Å². The van der Waals surface area contributed by atoms with Crippen LogP contribution in [0.4, 0.5) is 5.69 Å². The van der Waals surface area contributed by atoms with E-state index in [0.29, 0.717) is 23.3 Å². The van der Waals surface area contributed by atoms with Crippen LogP contribution in [-0.4, -0.2) is 10.9 Å². The first-order valence-corrected chi connectivity index (χ1v) is 10.7. The van der Waals surface area contributed by atoms with Gasteiger partial charge in [-0.05, 0) is 63.3 Å². The Morgan fingerprint density at radius 2 is 1.90 bits per heavy atom. The molecule has 0 atom stereocenters. The number of carbonyl (C=O) groups is 1. The number of nitrogens with zero attached hydrogens (tertiary/aromatic N) is 1. The summed E-state index contributed by atoms with van der Waals surface area (Å²) in [5.41, 5.74) is 5.21. The van der Waals surface area contributed by atoms with Crippen LogP contribution in [0.1, 0.15) is 47.3 Å². The predicted molar refractivity (Wildman–Crippen MR) is 120 cm³/mol. The fourth-order valence-corrected chi connectivity index (χ4v) is 4.60. The maximum absolute atomic E-state index is 12.8. The number of furan rings is 1. The van der Waals surface area contributed by atoms with E-state index in [2.05, 4.69) is 16.4 Å². The molecule has 1 N–H and O–H groups in total. The van der Waals surface area contributed by atoms with Crippen molar-refractivity contribution in [3.05, 3.63) is 69.0 Å². The summed E-state index contributed by atoms with van der Waals surface area (Å²) in [6.45, 7) is 3.88. The second-order valence-electron chi connectivity index (χ2n) is 8.25. The summed E-state index contributed by atoms with van der Waals surface area (Å²) < 4.78 is 11.9. The van der Waals surface area contributed by atoms with Gasteiger partial charge in [-0.25, -0.2) is 4.79 Å². The Morgan fingerprint density at radius 1 is 1.10 bits per heavy atom. The van der Waals surface area contributed by atoms with Gasteiger partial charge in [-0.1, -0.05) is 0 Å². The fraction of sp³-hybridized carbons (Fsp3) is 0.320. The van der Waals surface area contributed by atoms with Gasteiger partial charge in [-0.3, -0.25) is 9.78 Å². The van der Waals surface area contributed by atoms with Crippen molar-refractivity contribution in [1.29, 1.82) is 0 Å². The second-order valence-corrected chi connectivity index (χ2v) is 8.25. The van der Waals surface area contributed by atoms with Crippen LogP contribution >= 0.6 is 0 Å². The fourth-order valence-electron chi connectivity index (χ4n) is 4.60. The molecule has 31 heavy (non-hydrogen) atoms. The van der Waals surface area contributed by atoms with Crippen molar-refractivity contribution in [3.8, 4) is 0 Å². The molecule has 0 aliphatic heterocycles. The molecule has 1 aliphatic rings. The Morgan fingerprint density at radius 3 is 2.71 bits per heavy atom. The highest BCUT2D eigenvalue weighted by atomic mass is 16.4. The first-order valence-electron chi connectivity index (χ1n) is 10.7. The summed E-state index contributed by atoms with van der Waals surface area (Å²) in [5, 5.41) is 4.85. The van der Waals surface area contributed by atoms with Crippen LogP contribution < -0.4 is 10.9 Å². The van der Waals surface area contributed by atoms with E-state index < -0.39 is 5.63 Å². The number of nitrogens with one attached hydrogen (secondary N) is 1. The number of hydrogen-bond donors (Lipinski definition) is 1. The molecule has 0 saturated heterocycles. The lowest BCUT2D eigenvalue weighted by molar-refractivity contribution is -0.116. The molecule has 0 saturated carbocycles. The number of fused-ring (bicyclic) bond motifs is 4. The van der Waals surface area contributed by atoms with E-state index in [1.807, 2.05) is 13.8 Å². The van der Waals surface area contributed by atoms with Gasteiger partial charge in [-0.2, -0.15) is 0 Å². The van der Waals surface area contributed by atoms with Crippen LogP contribution in [0.15, 0.2) is 44.2 Å². The predicted octanol–water partition coefficient (Wildman–Crippen LogP) is 5.00. The molecular weight excluding hydrogens is 392 g/mol. The Labute approximate surface area is 179 Å². The van der Waals surface area contributed by atoms with E-state index >= 15 is 0 Å². The largest absolute Gasteiger partial charge is 0.460 e. The van der Waals surface area contributed by atoms with E-state index in [-0.39, 0.29) is 12.3 Å². The number of aryl methyl sites for hydroxylation is 4. The number of rotatable bonds is 4. The smallest absolute Gasteiger partial charge is 0.339 e. The lowest BCUT2D eigenvalue weighted by Gasteiger charge is -2.11. The normalized spacial score (nSPS) is 13.5. The van der Waals surface area contributed by atoms with Crippen molar-refractivity contribution >= 4 is 33.5 Å². The lowest BCUT2D eigenvalue weighted by atomic mass is 9.93. The third-order valence-corrected chi connectivity index (χ3v) is 6.27. The topological polar surface area (TPSA) is 85.3 Å². The molecule has 0 bridgehead atoms. The van der Waals surface area contributed by atoms with Gasteiger partial charge >= 0.3 is 5.63 Å². The van der Waals surface area contributed by atoms with Gasteiger partial charge in [0.05, 0.1) is 11.9 Å². The third kappa shape index (κ3) is 3.42. The van der Waals surface area contributed by atoms with Crippen LogP contribution in [0.25, 0.3) is 21.9 Å². The average molecular weight is 416 g/mol. The van der Waals surface area contributed by atoms with Crippen molar-refractivity contribution < 1.29 is 13.6 Å². The van der Waals surface area contributed by atoms with Gasteiger partial charge in [0.1, 0.15) is 16.9 Å². The van der Waals surface area contributed by atoms with E-state index in [1.54, 1.807) is 24.5 Å². The van der Waals surface area contributed by atoms with Crippen molar-refractivity contribution in [2.45, 2.75) is 52.4 Å². The Hall–Kier alpha value is -3.41. The van der Waals surface area contributed by atoms with Crippen LogP contribution in [-0.2, 0) is 24.1 Å². The molecule has 3 aromatic heterocycles. The third-order valence-electron chi connectivity index (χ3n) is 6.27. The molecule has 0 fully saturated rings. The molecule has 0 spiro atoms. The summed E-state index contributed by atoms with van der Waals surface area (Å²) in [6, 6.07) is 5.64. The molecule has 158 valence electrons. The van der Waals surface area contributed by atoms with Crippen molar-refractivity contribution in [2.75, 3.05) is 5.32 Å². The minimum Gasteiger partial charge on any atom is -0.460 e. The van der Waals surface area contributed by atoms with Crippen LogP contribution in [0, 0.1) is 13.8 Å². The molecule has 1 aliphatic carbocycles. The van der Waals surface area contributed by atoms with Crippen LogP contribution in [0.3, 0.4) is 0 Å². The Bertz CT molecular complexity index is 1370. The van der Waals surface area contributed by atoms with E-state index in [0.717, 1.165) is 52.5 Å². The first kappa shape index (κ1) is 19.5. The highest BCUT2D eigenvalue weighted by molar-refractivity contribution is 6.00. The minimum absolute atomic E-state index is 0.164. The van der Waals surface area contributed by atoms with Gasteiger partial charge in [0, 0.05) is 46.5 Å². The number of amides is 1. The molecule has 1 aromatic carbocycles. The van der Waals surface area contributed by atoms with Gasteiger partial charge in [-0.15, -0.1) is 0 Å². The zero-order chi connectivity index (χ0) is 21.5. The average Bonchev–Trinajstić information content (AvgIpc) is 3.14. The number of benzene rings is 1. The molecular formula is C25H24N2O4. The van der Waals surface area contributed by atoms with Gasteiger partial charge in [0.15, 0.2) is 0 Å². The molecule has 0 radical (unpaired) electrons. The molecule has 5 rings (SSSR count). The van der Waals surface area contributed by atoms with Crippen LogP contribution in [0.5, 0.6) is 0 Å². The zero-order valence-corrected chi connectivity index (χ0v) is 17.7. The summed E-state index contributed by atoms with van der Waals surface area (Å²) in [5.74, 6) is 0.898. The second kappa shape index (κ2) is 7.69. The SMILES string of the molecule is Cc1c(CCC(=O)Nc2cccnc2)c(=O)oc2c(C)c3oc4c(c3cc12)CCCC4. The van der Waals surface area contributed by atoms with E-state index in [4.69, 9.17) is 8.83 Å². The summed E-state index contributed by atoms with van der Waals surface area (Å²) in [6.07, 6.45) is 8.03. The minimum atomic E-state index is -0.391. The van der Waals surface area contributed by atoms with Crippen molar-refractivity contribution in [3.63, 3.8) is 0 Å². The maximum Gasteiger partial charge on any atom is 0.339 e. The number of carbonyl (C=O) groups excluding carboxylic acids is 1. The first-order chi connectivity index (χ1) is 15.0. The zero-order valence-electron chi connectivity index (χ0n) is 17.7. The maximum atomic E-state index is 12.8. The quantitative estimate of drug-likeness (QED) is 0.473. The molecule has 4 aromatic rings. The summed E-state index contributed by atoms with van der Waals surface area (Å²) in [4.78, 5) is 29.1. The molecule has 6 heteroatoms. The molecule has 3 heterocycles. The molecule has 1 amide bonds.